The number of fused-ring (bicyclic) bond motifs is 1. The summed E-state index contributed by atoms with van der Waals surface area (Å²) in [5, 5.41) is 6.72. The largest absolute Gasteiger partial charge is 0.361 e. The van der Waals surface area contributed by atoms with Crippen LogP contribution >= 0.6 is 0 Å². The zero-order valence-corrected chi connectivity index (χ0v) is 20.9. The average Bonchev–Trinajstić information content (AvgIpc) is 2.93. The molecule has 0 saturated carbocycles. The van der Waals surface area contributed by atoms with E-state index in [1.165, 1.54) is 11.1 Å². The third kappa shape index (κ3) is 5.27. The Bertz CT molecular complexity index is 1380. The maximum absolute atomic E-state index is 4.73. The lowest BCUT2D eigenvalue weighted by Crippen LogP contribution is -2.15. The normalized spacial score (nSPS) is 16.3. The molecule has 1 aliphatic heterocycles. The highest BCUT2D eigenvalue weighted by molar-refractivity contribution is 6.12. The Morgan fingerprint density at radius 1 is 1.31 bits per heavy atom. The van der Waals surface area contributed by atoms with Crippen LogP contribution in [-0.4, -0.2) is 22.7 Å². The lowest BCUT2D eigenvalue weighted by atomic mass is 9.83. The molecule has 0 fully saturated rings. The summed E-state index contributed by atoms with van der Waals surface area (Å²) in [5.74, 6) is 0. The van der Waals surface area contributed by atoms with Crippen LogP contribution in [0, 0.1) is 0 Å². The minimum Gasteiger partial charge on any atom is -0.361 e. The van der Waals surface area contributed by atoms with Gasteiger partial charge in [-0.05, 0) is 79.3 Å². The molecule has 36 heavy (non-hydrogen) atoms. The van der Waals surface area contributed by atoms with Crippen molar-refractivity contribution in [1.82, 2.24) is 15.3 Å². The first-order chi connectivity index (χ1) is 17.7. The van der Waals surface area contributed by atoms with Crippen molar-refractivity contribution in [1.29, 1.82) is 0 Å². The minimum atomic E-state index is 0.721. The summed E-state index contributed by atoms with van der Waals surface area (Å²) < 4.78 is 0. The number of anilines is 1. The van der Waals surface area contributed by atoms with Crippen molar-refractivity contribution in [3.05, 3.63) is 132 Å². The van der Waals surface area contributed by atoms with Crippen LogP contribution in [0.5, 0.6) is 0 Å². The summed E-state index contributed by atoms with van der Waals surface area (Å²) >= 11 is 0. The van der Waals surface area contributed by atoms with E-state index >= 15 is 0 Å². The Morgan fingerprint density at radius 2 is 2.19 bits per heavy atom. The van der Waals surface area contributed by atoms with Crippen LogP contribution < -0.4 is 10.6 Å². The first-order valence-electron chi connectivity index (χ1n) is 12.1. The number of hydrogen-bond donors (Lipinski definition) is 2. The molecule has 5 heteroatoms. The van der Waals surface area contributed by atoms with Gasteiger partial charge in [-0.25, -0.2) is 0 Å². The zero-order valence-electron chi connectivity index (χ0n) is 20.9. The molecule has 0 bridgehead atoms. The van der Waals surface area contributed by atoms with Gasteiger partial charge in [-0.3, -0.25) is 15.0 Å². The number of nitrogens with zero attached hydrogens (tertiary/aromatic N) is 3. The van der Waals surface area contributed by atoms with Crippen LogP contribution in [0.25, 0.3) is 11.1 Å². The van der Waals surface area contributed by atoms with Gasteiger partial charge in [0.25, 0.3) is 0 Å². The van der Waals surface area contributed by atoms with Crippen molar-refractivity contribution < 1.29 is 0 Å². The highest BCUT2D eigenvalue weighted by Gasteiger charge is 2.22. The third-order valence-corrected chi connectivity index (χ3v) is 6.05. The van der Waals surface area contributed by atoms with Crippen molar-refractivity contribution >= 4 is 23.0 Å². The van der Waals surface area contributed by atoms with Crippen LogP contribution in [0.4, 0.5) is 5.69 Å². The molecule has 2 aromatic rings. The Balaban J connectivity index is 1.78. The Hall–Kier alpha value is -4.47. The summed E-state index contributed by atoms with van der Waals surface area (Å²) in [4.78, 5) is 13.4. The number of aliphatic imine (C=N–C) groups is 1. The number of allylic oxidation sites excluding steroid dienone is 8. The van der Waals surface area contributed by atoms with Crippen LogP contribution in [0.15, 0.2) is 120 Å². The predicted octanol–water partition coefficient (Wildman–Crippen LogP) is 6.56. The van der Waals surface area contributed by atoms with Crippen LogP contribution in [0.3, 0.4) is 0 Å². The molecule has 2 N–H and O–H groups in total. The fourth-order valence-corrected chi connectivity index (χ4v) is 4.37. The summed E-state index contributed by atoms with van der Waals surface area (Å²) in [5.41, 5.74) is 13.2. The lowest BCUT2D eigenvalue weighted by molar-refractivity contribution is 0.917. The van der Waals surface area contributed by atoms with Crippen LogP contribution in [-0.2, 0) is 6.42 Å². The SMILES string of the molecule is C=C=C(Nc1cccnc1)/C(C=C)=C1\C=C(C2=CCCc3nccc(/C(C=NCC)=C/C)c32)C=CN1. The first kappa shape index (κ1) is 24.6. The molecule has 1 aliphatic carbocycles. The number of pyridine rings is 2. The van der Waals surface area contributed by atoms with Crippen LogP contribution in [0.2, 0.25) is 0 Å². The van der Waals surface area contributed by atoms with Crippen molar-refractivity contribution in [2.45, 2.75) is 26.7 Å². The van der Waals surface area contributed by atoms with Crippen molar-refractivity contribution in [2.24, 2.45) is 4.99 Å². The van der Waals surface area contributed by atoms with Crippen LogP contribution in [0.1, 0.15) is 37.1 Å². The molecule has 4 rings (SSSR count). The number of dihydropyridines is 1. The van der Waals surface area contributed by atoms with Gasteiger partial charge in [0.2, 0.25) is 0 Å². The van der Waals surface area contributed by atoms with Gasteiger partial charge in [0.05, 0.1) is 17.6 Å². The topological polar surface area (TPSA) is 62.2 Å². The number of hydrogen-bond acceptors (Lipinski definition) is 5. The third-order valence-electron chi connectivity index (χ3n) is 6.05. The molecule has 2 aliphatic rings. The Labute approximate surface area is 213 Å². The summed E-state index contributed by atoms with van der Waals surface area (Å²) in [6, 6.07) is 5.92. The highest BCUT2D eigenvalue weighted by atomic mass is 14.9. The number of aromatic nitrogens is 2. The fraction of sp³-hybridized carbons (Fsp3) is 0.161. The molecule has 0 atom stereocenters. The molecule has 5 nitrogen and oxygen atoms in total. The second-order valence-electron chi connectivity index (χ2n) is 8.24. The van der Waals surface area contributed by atoms with Crippen molar-refractivity contribution in [2.75, 3.05) is 11.9 Å². The molecule has 180 valence electrons. The molecule has 0 spiro atoms. The smallest absolute Gasteiger partial charge is 0.0906 e. The van der Waals surface area contributed by atoms with E-state index in [9.17, 15) is 0 Å². The maximum Gasteiger partial charge on any atom is 0.0906 e. The van der Waals surface area contributed by atoms with Gasteiger partial charge in [0.15, 0.2) is 0 Å². The van der Waals surface area contributed by atoms with E-state index < -0.39 is 0 Å². The molecular weight excluding hydrogens is 442 g/mol. The van der Waals surface area contributed by atoms with Crippen molar-refractivity contribution in [3.8, 4) is 0 Å². The van der Waals surface area contributed by atoms with E-state index in [0.717, 1.165) is 64.4 Å². The van der Waals surface area contributed by atoms with E-state index in [1.807, 2.05) is 43.7 Å². The van der Waals surface area contributed by atoms with Gasteiger partial charge in [0.1, 0.15) is 0 Å². The van der Waals surface area contributed by atoms with Gasteiger partial charge in [-0.2, -0.15) is 0 Å². The average molecular weight is 474 g/mol. The molecule has 3 heterocycles. The summed E-state index contributed by atoms with van der Waals surface area (Å²) in [6.45, 7) is 12.8. The van der Waals surface area contributed by atoms with E-state index in [-0.39, 0.29) is 0 Å². The number of aryl methyl sites for hydroxylation is 1. The fourth-order valence-electron chi connectivity index (χ4n) is 4.37. The van der Waals surface area contributed by atoms with Gasteiger partial charge >= 0.3 is 0 Å². The van der Waals surface area contributed by atoms with Gasteiger partial charge in [-0.1, -0.05) is 31.4 Å². The maximum atomic E-state index is 4.73. The molecule has 0 radical (unpaired) electrons. The molecule has 0 saturated heterocycles. The second kappa shape index (κ2) is 11.8. The standard InChI is InChI=1S/C31H31N5/c1-5-22(20-32-8-4)27-15-18-34-29-13-9-12-26(31(27)29)23-14-17-35-30(19-23)25(6-2)28(7-3)36-24-11-10-16-33-21-24/h5-6,10-12,14-21,35-36H,2-3,8-9,13H2,1,4H3/b22-5+,30-25+,32-20?. The highest BCUT2D eigenvalue weighted by Crippen LogP contribution is 2.37. The van der Waals surface area contributed by atoms with E-state index in [0.29, 0.717) is 0 Å². The van der Waals surface area contributed by atoms with Crippen molar-refractivity contribution in [3.63, 3.8) is 0 Å². The van der Waals surface area contributed by atoms with Gasteiger partial charge < -0.3 is 10.6 Å². The summed E-state index contributed by atoms with van der Waals surface area (Å²) in [6.07, 6.45) is 21.7. The second-order valence-corrected chi connectivity index (χ2v) is 8.24. The van der Waals surface area contributed by atoms with E-state index in [2.05, 4.69) is 76.8 Å². The Morgan fingerprint density at radius 3 is 2.92 bits per heavy atom. The molecule has 0 aromatic carbocycles. The zero-order chi connectivity index (χ0) is 25.3. The van der Waals surface area contributed by atoms with Gasteiger partial charge in [0, 0.05) is 53.9 Å². The monoisotopic (exact) mass is 473 g/mol. The number of nitrogens with one attached hydrogen (secondary N) is 2. The first-order valence-corrected chi connectivity index (χ1v) is 12.1. The number of rotatable bonds is 8. The molecular formula is C31H31N5. The Kier molecular flexibility index (Phi) is 8.07. The van der Waals surface area contributed by atoms with E-state index in [4.69, 9.17) is 4.98 Å². The van der Waals surface area contributed by atoms with E-state index in [1.54, 1.807) is 12.4 Å². The molecule has 2 aromatic heterocycles. The lowest BCUT2D eigenvalue weighted by Gasteiger charge is -2.24. The molecule has 0 amide bonds. The summed E-state index contributed by atoms with van der Waals surface area (Å²) in [7, 11) is 0. The van der Waals surface area contributed by atoms with Gasteiger partial charge in [-0.15, -0.1) is 5.73 Å². The minimum absolute atomic E-state index is 0.721. The predicted molar refractivity (Wildman–Crippen MR) is 151 cm³/mol. The molecule has 0 unspecified atom stereocenters. The quantitative estimate of drug-likeness (QED) is 0.336.